The van der Waals surface area contributed by atoms with Gasteiger partial charge in [0.05, 0.1) is 48.5 Å². The van der Waals surface area contributed by atoms with E-state index in [9.17, 15) is 14.7 Å². The van der Waals surface area contributed by atoms with Crippen LogP contribution in [0.25, 0.3) is 22.0 Å². The monoisotopic (exact) mass is 621 g/mol. The fourth-order valence-electron chi connectivity index (χ4n) is 4.46. The van der Waals surface area contributed by atoms with E-state index in [0.717, 1.165) is 17.0 Å². The van der Waals surface area contributed by atoms with Crippen LogP contribution in [0.1, 0.15) is 0 Å². The van der Waals surface area contributed by atoms with Crippen molar-refractivity contribution in [3.63, 3.8) is 0 Å². The first-order chi connectivity index (χ1) is 19.4. The molecule has 11 nitrogen and oxygen atoms in total. The first-order valence-corrected chi connectivity index (χ1v) is 17.4. The maximum Gasteiger partial charge on any atom is 0.407 e. The zero-order chi connectivity index (χ0) is 29.9. The van der Waals surface area contributed by atoms with Gasteiger partial charge in [-0.2, -0.15) is 0 Å². The Hall–Kier alpha value is -3.48. The third-order valence-electron chi connectivity index (χ3n) is 6.74. The van der Waals surface area contributed by atoms with Crippen molar-refractivity contribution >= 4 is 60.3 Å². The fourth-order valence-corrected chi connectivity index (χ4v) is 5.89. The molecule has 2 amide bonds. The summed E-state index contributed by atoms with van der Waals surface area (Å²) in [5, 5.41) is 16.9. The number of carbonyl (C=O) groups excluding carboxylic acids is 1. The van der Waals surface area contributed by atoms with Crippen LogP contribution < -0.4 is 20.1 Å². The SMILES string of the molecule is COc1cc(OC)c(Cl)c(-c2ccc3nc(N[C@@H]4CN(C(=O)O)C[C@@H]4NC(=O)OCC[Si](C)(C)C)ncc3c2)c1Cl. The smallest absolute Gasteiger partial charge is 0.407 e. The van der Waals surface area contributed by atoms with Gasteiger partial charge in [-0.25, -0.2) is 19.6 Å². The van der Waals surface area contributed by atoms with Crippen molar-refractivity contribution in [1.29, 1.82) is 0 Å². The van der Waals surface area contributed by atoms with E-state index < -0.39 is 32.3 Å². The number of hydrogen-bond acceptors (Lipinski definition) is 8. The zero-order valence-electron chi connectivity index (χ0n) is 23.5. The highest BCUT2D eigenvalue weighted by Gasteiger charge is 2.37. The maximum atomic E-state index is 12.4. The van der Waals surface area contributed by atoms with E-state index in [2.05, 4.69) is 40.2 Å². The van der Waals surface area contributed by atoms with Crippen molar-refractivity contribution in [2.45, 2.75) is 37.8 Å². The van der Waals surface area contributed by atoms with Gasteiger partial charge in [0, 0.05) is 44.4 Å². The highest BCUT2D eigenvalue weighted by molar-refractivity contribution is 6.76. The van der Waals surface area contributed by atoms with Gasteiger partial charge in [-0.3, -0.25) is 0 Å². The molecule has 0 saturated carbocycles. The molecule has 0 aliphatic carbocycles. The molecule has 220 valence electrons. The quantitative estimate of drug-likeness (QED) is 0.252. The molecule has 3 aromatic rings. The number of anilines is 1. The van der Waals surface area contributed by atoms with Crippen LogP contribution in [-0.4, -0.2) is 86.2 Å². The van der Waals surface area contributed by atoms with Crippen LogP contribution in [0, 0.1) is 0 Å². The molecule has 4 rings (SSSR count). The Balaban J connectivity index is 1.54. The lowest BCUT2D eigenvalue weighted by molar-refractivity contribution is 0.143. The summed E-state index contributed by atoms with van der Waals surface area (Å²) in [5.74, 6) is 1.14. The van der Waals surface area contributed by atoms with E-state index in [1.165, 1.54) is 19.1 Å². The average molecular weight is 623 g/mol. The number of ether oxygens (including phenoxy) is 3. The summed E-state index contributed by atoms with van der Waals surface area (Å²) in [6.45, 7) is 7.16. The normalized spacial score (nSPS) is 16.9. The van der Waals surface area contributed by atoms with Gasteiger partial charge in [-0.05, 0) is 23.7 Å². The molecule has 1 saturated heterocycles. The van der Waals surface area contributed by atoms with Gasteiger partial charge in [0.25, 0.3) is 0 Å². The summed E-state index contributed by atoms with van der Waals surface area (Å²) in [7, 11) is 1.66. The van der Waals surface area contributed by atoms with Gasteiger partial charge in [0.15, 0.2) is 0 Å². The van der Waals surface area contributed by atoms with Crippen LogP contribution in [0.4, 0.5) is 15.5 Å². The third-order valence-corrected chi connectivity index (χ3v) is 9.19. The molecular formula is C27H33Cl2N5O6Si. The molecule has 1 fully saturated rings. The molecule has 1 aliphatic rings. The molecule has 2 heterocycles. The van der Waals surface area contributed by atoms with Crippen LogP contribution in [0.5, 0.6) is 11.5 Å². The van der Waals surface area contributed by atoms with E-state index in [0.29, 0.717) is 45.2 Å². The molecule has 2 atom stereocenters. The first-order valence-electron chi connectivity index (χ1n) is 12.9. The van der Waals surface area contributed by atoms with Crippen molar-refractivity contribution in [3.8, 4) is 22.6 Å². The van der Waals surface area contributed by atoms with Gasteiger partial charge in [-0.1, -0.05) is 48.9 Å². The molecule has 1 aliphatic heterocycles. The average Bonchev–Trinajstić information content (AvgIpc) is 3.30. The Kier molecular flexibility index (Phi) is 9.35. The summed E-state index contributed by atoms with van der Waals surface area (Å²) in [6.07, 6.45) is -0.0120. The summed E-state index contributed by atoms with van der Waals surface area (Å²) < 4.78 is 16.1. The van der Waals surface area contributed by atoms with E-state index in [1.54, 1.807) is 18.3 Å². The standard InChI is InChI=1S/C27H33Cl2N5O6Si/c1-38-20-11-21(39-2)24(29)22(23(20)28)15-6-7-17-16(10-15)12-30-25(31-17)32-18-13-34(27(36)37)14-19(18)33-26(35)40-8-9-41(3,4)5/h6-7,10-12,18-19H,8-9,13-14H2,1-5H3,(H,33,35)(H,36,37)(H,30,31,32)/t18-,19+/m1/s1. The van der Waals surface area contributed by atoms with Crippen LogP contribution >= 0.6 is 23.2 Å². The maximum absolute atomic E-state index is 12.4. The molecule has 0 spiro atoms. The zero-order valence-corrected chi connectivity index (χ0v) is 26.0. The number of carboxylic acid groups (broad SMARTS) is 1. The lowest BCUT2D eigenvalue weighted by Gasteiger charge is -2.21. The molecule has 3 N–H and O–H groups in total. The van der Waals surface area contributed by atoms with Gasteiger partial charge in [0.2, 0.25) is 5.95 Å². The summed E-state index contributed by atoms with van der Waals surface area (Å²) in [6, 6.07) is 6.96. The van der Waals surface area contributed by atoms with E-state index in [4.69, 9.17) is 37.4 Å². The predicted molar refractivity (Wildman–Crippen MR) is 162 cm³/mol. The number of hydrogen-bond donors (Lipinski definition) is 3. The van der Waals surface area contributed by atoms with E-state index in [-0.39, 0.29) is 13.1 Å². The van der Waals surface area contributed by atoms with Crippen molar-refractivity contribution in [2.24, 2.45) is 0 Å². The molecule has 41 heavy (non-hydrogen) atoms. The number of fused-ring (bicyclic) bond motifs is 1. The Morgan fingerprint density at radius 3 is 2.34 bits per heavy atom. The lowest BCUT2D eigenvalue weighted by atomic mass is 10.0. The summed E-state index contributed by atoms with van der Waals surface area (Å²) in [4.78, 5) is 34.4. The van der Waals surface area contributed by atoms with Crippen LogP contribution in [0.2, 0.25) is 35.7 Å². The number of likely N-dealkylation sites (tertiary alicyclic amines) is 1. The van der Waals surface area contributed by atoms with Crippen LogP contribution in [-0.2, 0) is 4.74 Å². The minimum absolute atomic E-state index is 0.110. The van der Waals surface area contributed by atoms with Gasteiger partial charge >= 0.3 is 12.2 Å². The molecule has 0 radical (unpaired) electrons. The Morgan fingerprint density at radius 1 is 1.07 bits per heavy atom. The fraction of sp³-hybridized carbons (Fsp3) is 0.407. The number of carbonyl (C=O) groups is 2. The second-order valence-electron chi connectivity index (χ2n) is 10.9. The second-order valence-corrected chi connectivity index (χ2v) is 17.3. The molecule has 1 aromatic heterocycles. The molecule has 0 unspecified atom stereocenters. The summed E-state index contributed by atoms with van der Waals surface area (Å²) >= 11 is 13.2. The Bertz CT molecular complexity index is 1430. The number of methoxy groups -OCH3 is 2. The Morgan fingerprint density at radius 2 is 1.73 bits per heavy atom. The lowest BCUT2D eigenvalue weighted by Crippen LogP contribution is -2.46. The van der Waals surface area contributed by atoms with E-state index >= 15 is 0 Å². The van der Waals surface area contributed by atoms with Gasteiger partial charge < -0.3 is 34.9 Å². The number of nitrogens with zero attached hydrogens (tertiary/aromatic N) is 3. The molecule has 14 heteroatoms. The number of aromatic nitrogens is 2. The number of alkyl carbamates (subject to hydrolysis) is 1. The van der Waals surface area contributed by atoms with E-state index in [1.807, 2.05) is 12.1 Å². The number of nitrogens with one attached hydrogen (secondary N) is 2. The highest BCUT2D eigenvalue weighted by Crippen LogP contribution is 2.46. The minimum atomic E-state index is -1.36. The van der Waals surface area contributed by atoms with Gasteiger partial charge in [-0.15, -0.1) is 0 Å². The minimum Gasteiger partial charge on any atom is -0.495 e. The molecular weight excluding hydrogens is 589 g/mol. The second kappa shape index (κ2) is 12.6. The highest BCUT2D eigenvalue weighted by atomic mass is 35.5. The predicted octanol–water partition coefficient (Wildman–Crippen LogP) is 5.83. The topological polar surface area (TPSA) is 135 Å². The van der Waals surface area contributed by atoms with Crippen molar-refractivity contribution in [1.82, 2.24) is 20.2 Å². The van der Waals surface area contributed by atoms with Crippen LogP contribution in [0.15, 0.2) is 30.5 Å². The van der Waals surface area contributed by atoms with Crippen molar-refractivity contribution in [3.05, 3.63) is 40.5 Å². The number of rotatable bonds is 9. The molecule has 2 aromatic carbocycles. The number of benzene rings is 2. The molecule has 0 bridgehead atoms. The first kappa shape index (κ1) is 30.5. The third kappa shape index (κ3) is 7.24. The van der Waals surface area contributed by atoms with Crippen molar-refractivity contribution < 1.29 is 28.9 Å². The van der Waals surface area contributed by atoms with Crippen molar-refractivity contribution in [2.75, 3.05) is 39.2 Å². The number of halogens is 2. The van der Waals surface area contributed by atoms with Crippen LogP contribution in [0.3, 0.4) is 0 Å². The largest absolute Gasteiger partial charge is 0.495 e. The number of amides is 2. The van der Waals surface area contributed by atoms with Gasteiger partial charge in [0.1, 0.15) is 11.5 Å². The summed E-state index contributed by atoms with van der Waals surface area (Å²) in [5.41, 5.74) is 1.91. The Labute approximate surface area is 249 Å².